The molecule has 3 heteroatoms. The number of aryl methyl sites for hydroxylation is 1. The van der Waals surface area contributed by atoms with Crippen LogP contribution in [0.5, 0.6) is 0 Å². The Labute approximate surface area is 107 Å². The van der Waals surface area contributed by atoms with Crippen LogP contribution >= 0.6 is 11.6 Å². The minimum atomic E-state index is -0.0985. The Bertz CT molecular complexity index is 544. The minimum absolute atomic E-state index is 0.0985. The molecule has 1 atom stereocenters. The van der Waals surface area contributed by atoms with E-state index in [0.717, 1.165) is 17.6 Å². The largest absolute Gasteiger partial charge is 0.268 e. The molecule has 0 spiro atoms. The Morgan fingerprint density at radius 2 is 2.18 bits per heavy atom. The lowest BCUT2D eigenvalue weighted by Crippen LogP contribution is -2.18. The van der Waals surface area contributed by atoms with Gasteiger partial charge >= 0.3 is 0 Å². The van der Waals surface area contributed by atoms with E-state index in [4.69, 9.17) is 11.6 Å². The molecule has 1 heterocycles. The van der Waals surface area contributed by atoms with E-state index >= 15 is 0 Å². The van der Waals surface area contributed by atoms with E-state index in [0.29, 0.717) is 5.88 Å². The third kappa shape index (κ3) is 2.22. The molecular weight excluding hydrogens is 232 g/mol. The second kappa shape index (κ2) is 4.53. The van der Waals surface area contributed by atoms with Crippen molar-refractivity contribution in [1.29, 1.82) is 0 Å². The fourth-order valence-corrected chi connectivity index (χ4v) is 2.18. The van der Waals surface area contributed by atoms with Gasteiger partial charge in [0, 0.05) is 30.1 Å². The van der Waals surface area contributed by atoms with Crippen molar-refractivity contribution in [2.24, 2.45) is 12.5 Å². The summed E-state index contributed by atoms with van der Waals surface area (Å²) in [6.45, 7) is 5.98. The number of hydrogen-bond acceptors (Lipinski definition) is 1. The molecule has 0 saturated carbocycles. The van der Waals surface area contributed by atoms with Gasteiger partial charge in [-0.25, -0.2) is 0 Å². The van der Waals surface area contributed by atoms with E-state index < -0.39 is 0 Å². The molecule has 0 N–H and O–H groups in total. The third-order valence-corrected chi connectivity index (χ3v) is 3.81. The standard InChI is InChI=1S/C14H17ClN2/c1-4-14(2,10-15)9-12-11-7-5-6-8-13(11)17(3)16-12/h4-8H,1,9-10H2,2-3H3. The summed E-state index contributed by atoms with van der Waals surface area (Å²) < 4.78 is 1.92. The van der Waals surface area contributed by atoms with Crippen LogP contribution in [0.3, 0.4) is 0 Å². The number of para-hydroxylation sites is 1. The summed E-state index contributed by atoms with van der Waals surface area (Å²) in [6, 6.07) is 8.26. The molecule has 90 valence electrons. The van der Waals surface area contributed by atoms with Crippen molar-refractivity contribution in [3.05, 3.63) is 42.6 Å². The highest BCUT2D eigenvalue weighted by molar-refractivity contribution is 6.18. The number of fused-ring (bicyclic) bond motifs is 1. The van der Waals surface area contributed by atoms with Gasteiger partial charge in [0.1, 0.15) is 0 Å². The molecule has 0 radical (unpaired) electrons. The normalized spacial score (nSPS) is 14.8. The van der Waals surface area contributed by atoms with Gasteiger partial charge < -0.3 is 0 Å². The lowest BCUT2D eigenvalue weighted by atomic mass is 9.87. The monoisotopic (exact) mass is 248 g/mol. The van der Waals surface area contributed by atoms with Crippen LogP contribution in [0.25, 0.3) is 10.9 Å². The molecule has 0 saturated heterocycles. The van der Waals surface area contributed by atoms with Crippen LogP contribution in [0.1, 0.15) is 12.6 Å². The Kier molecular flexibility index (Phi) is 3.25. The highest BCUT2D eigenvalue weighted by Crippen LogP contribution is 2.28. The highest BCUT2D eigenvalue weighted by Gasteiger charge is 2.22. The molecule has 0 aliphatic heterocycles. The van der Waals surface area contributed by atoms with Crippen molar-refractivity contribution in [3.63, 3.8) is 0 Å². The van der Waals surface area contributed by atoms with Gasteiger partial charge in [-0.1, -0.05) is 31.2 Å². The van der Waals surface area contributed by atoms with Crippen molar-refractivity contribution in [2.45, 2.75) is 13.3 Å². The number of rotatable bonds is 4. The first-order chi connectivity index (χ1) is 8.09. The number of allylic oxidation sites excluding steroid dienone is 1. The topological polar surface area (TPSA) is 17.8 Å². The zero-order valence-electron chi connectivity index (χ0n) is 10.3. The summed E-state index contributed by atoms with van der Waals surface area (Å²) in [4.78, 5) is 0. The fourth-order valence-electron chi connectivity index (χ4n) is 1.98. The fraction of sp³-hybridized carbons (Fsp3) is 0.357. The lowest BCUT2D eigenvalue weighted by molar-refractivity contribution is 0.478. The maximum Gasteiger partial charge on any atom is 0.0712 e. The predicted octanol–water partition coefficient (Wildman–Crippen LogP) is 3.55. The Morgan fingerprint density at radius 1 is 1.47 bits per heavy atom. The van der Waals surface area contributed by atoms with Gasteiger partial charge in [0.05, 0.1) is 11.2 Å². The maximum atomic E-state index is 6.01. The highest BCUT2D eigenvalue weighted by atomic mass is 35.5. The number of halogens is 1. The predicted molar refractivity (Wildman–Crippen MR) is 73.4 cm³/mol. The van der Waals surface area contributed by atoms with Crippen molar-refractivity contribution in [2.75, 3.05) is 5.88 Å². The molecule has 0 aliphatic carbocycles. The molecule has 2 rings (SSSR count). The number of hydrogen-bond donors (Lipinski definition) is 0. The first-order valence-corrected chi connectivity index (χ1v) is 6.23. The molecule has 0 bridgehead atoms. The maximum absolute atomic E-state index is 6.01. The summed E-state index contributed by atoms with van der Waals surface area (Å²) >= 11 is 6.01. The molecule has 2 nitrogen and oxygen atoms in total. The van der Waals surface area contributed by atoms with E-state index in [1.54, 1.807) is 0 Å². The summed E-state index contributed by atoms with van der Waals surface area (Å²) in [5, 5.41) is 5.78. The summed E-state index contributed by atoms with van der Waals surface area (Å²) in [5.74, 6) is 0.557. The number of nitrogens with zero attached hydrogens (tertiary/aromatic N) is 2. The van der Waals surface area contributed by atoms with E-state index in [2.05, 4.69) is 30.7 Å². The third-order valence-electron chi connectivity index (χ3n) is 3.20. The van der Waals surface area contributed by atoms with Crippen LogP contribution in [0.2, 0.25) is 0 Å². The van der Waals surface area contributed by atoms with E-state index in [9.17, 15) is 0 Å². The van der Waals surface area contributed by atoms with Gasteiger partial charge in [-0.05, 0) is 6.07 Å². The zero-order chi connectivity index (χ0) is 12.5. The van der Waals surface area contributed by atoms with Crippen molar-refractivity contribution >= 4 is 22.5 Å². The van der Waals surface area contributed by atoms with Crippen LogP contribution < -0.4 is 0 Å². The van der Waals surface area contributed by atoms with Gasteiger partial charge in [-0.2, -0.15) is 5.10 Å². The van der Waals surface area contributed by atoms with Gasteiger partial charge in [-0.3, -0.25) is 4.68 Å². The summed E-state index contributed by atoms with van der Waals surface area (Å²) in [5.41, 5.74) is 2.15. The lowest BCUT2D eigenvalue weighted by Gasteiger charge is -2.21. The van der Waals surface area contributed by atoms with Gasteiger partial charge in [0.2, 0.25) is 0 Å². The van der Waals surface area contributed by atoms with E-state index in [1.165, 1.54) is 5.39 Å². The number of alkyl halides is 1. The summed E-state index contributed by atoms with van der Waals surface area (Å²) in [6.07, 6.45) is 2.74. The molecule has 17 heavy (non-hydrogen) atoms. The molecule has 1 aromatic carbocycles. The van der Waals surface area contributed by atoms with Crippen molar-refractivity contribution in [3.8, 4) is 0 Å². The number of aromatic nitrogens is 2. The minimum Gasteiger partial charge on any atom is -0.268 e. The van der Waals surface area contributed by atoms with E-state index in [1.807, 2.05) is 29.9 Å². The first-order valence-electron chi connectivity index (χ1n) is 5.70. The van der Waals surface area contributed by atoms with E-state index in [-0.39, 0.29) is 5.41 Å². The van der Waals surface area contributed by atoms with Crippen LogP contribution in [-0.4, -0.2) is 15.7 Å². The van der Waals surface area contributed by atoms with Gasteiger partial charge in [0.15, 0.2) is 0 Å². The Hall–Kier alpha value is -1.28. The molecular formula is C14H17ClN2. The average Bonchev–Trinajstić information content (AvgIpc) is 2.67. The Morgan fingerprint density at radius 3 is 2.82 bits per heavy atom. The molecule has 0 aliphatic rings. The molecule has 1 aromatic heterocycles. The first kappa shape index (κ1) is 12.2. The van der Waals surface area contributed by atoms with Crippen LogP contribution in [0, 0.1) is 5.41 Å². The van der Waals surface area contributed by atoms with Gasteiger partial charge in [-0.15, -0.1) is 18.2 Å². The average molecular weight is 249 g/mol. The summed E-state index contributed by atoms with van der Waals surface area (Å²) in [7, 11) is 1.97. The SMILES string of the molecule is C=CC(C)(CCl)Cc1nn(C)c2ccccc12. The molecule has 0 fully saturated rings. The molecule has 1 unspecified atom stereocenters. The van der Waals surface area contributed by atoms with Gasteiger partial charge in [0.25, 0.3) is 0 Å². The zero-order valence-corrected chi connectivity index (χ0v) is 11.0. The van der Waals surface area contributed by atoms with Crippen LogP contribution in [0.4, 0.5) is 0 Å². The molecule has 2 aromatic rings. The van der Waals surface area contributed by atoms with Crippen molar-refractivity contribution in [1.82, 2.24) is 9.78 Å². The second-order valence-corrected chi connectivity index (χ2v) is 5.02. The van der Waals surface area contributed by atoms with Crippen molar-refractivity contribution < 1.29 is 0 Å². The van der Waals surface area contributed by atoms with Crippen LogP contribution in [-0.2, 0) is 13.5 Å². The van der Waals surface area contributed by atoms with Crippen LogP contribution in [0.15, 0.2) is 36.9 Å². The quantitative estimate of drug-likeness (QED) is 0.598. The smallest absolute Gasteiger partial charge is 0.0712 e. The second-order valence-electron chi connectivity index (χ2n) is 4.76. The number of benzene rings is 1. The Balaban J connectivity index is 2.46. The molecule has 0 amide bonds.